The molecule has 1 aromatic rings. The SMILES string of the molecule is COCCOCCC(O)Cc1ccccc1Cl. The maximum atomic E-state index is 9.81. The maximum absolute atomic E-state index is 9.81. The lowest BCUT2D eigenvalue weighted by atomic mass is 10.1. The minimum Gasteiger partial charge on any atom is -0.393 e. The van der Waals surface area contributed by atoms with Crippen LogP contribution in [-0.2, 0) is 15.9 Å². The predicted molar refractivity (Wildman–Crippen MR) is 68.5 cm³/mol. The molecule has 1 atom stereocenters. The molecule has 0 saturated carbocycles. The Morgan fingerprint density at radius 3 is 2.71 bits per heavy atom. The molecule has 0 fully saturated rings. The summed E-state index contributed by atoms with van der Waals surface area (Å²) in [6, 6.07) is 7.56. The third-order valence-corrected chi connectivity index (χ3v) is 2.81. The van der Waals surface area contributed by atoms with E-state index in [-0.39, 0.29) is 0 Å². The first-order valence-electron chi connectivity index (χ1n) is 5.72. The van der Waals surface area contributed by atoms with Crippen LogP contribution in [0.15, 0.2) is 24.3 Å². The molecule has 1 rings (SSSR count). The van der Waals surface area contributed by atoms with Crippen LogP contribution in [0.5, 0.6) is 0 Å². The monoisotopic (exact) mass is 258 g/mol. The molecule has 1 unspecified atom stereocenters. The predicted octanol–water partition coefficient (Wildman–Crippen LogP) is 2.30. The molecule has 0 aliphatic carbocycles. The summed E-state index contributed by atoms with van der Waals surface area (Å²) in [6.07, 6.45) is 0.750. The zero-order valence-corrected chi connectivity index (χ0v) is 10.8. The Hall–Kier alpha value is -0.610. The van der Waals surface area contributed by atoms with Crippen molar-refractivity contribution in [3.63, 3.8) is 0 Å². The van der Waals surface area contributed by atoms with E-state index in [0.717, 1.165) is 5.56 Å². The molecule has 0 radical (unpaired) electrons. The summed E-state index contributed by atoms with van der Waals surface area (Å²) < 4.78 is 10.1. The van der Waals surface area contributed by atoms with E-state index in [1.165, 1.54) is 0 Å². The van der Waals surface area contributed by atoms with Gasteiger partial charge in [-0.05, 0) is 24.5 Å². The fraction of sp³-hybridized carbons (Fsp3) is 0.538. The average molecular weight is 259 g/mol. The molecule has 0 heterocycles. The molecule has 0 amide bonds. The van der Waals surface area contributed by atoms with E-state index in [1.807, 2.05) is 24.3 Å². The highest BCUT2D eigenvalue weighted by molar-refractivity contribution is 6.31. The van der Waals surface area contributed by atoms with Crippen LogP contribution in [0.25, 0.3) is 0 Å². The lowest BCUT2D eigenvalue weighted by Crippen LogP contribution is -2.15. The summed E-state index contributed by atoms with van der Waals surface area (Å²) in [7, 11) is 1.63. The van der Waals surface area contributed by atoms with Gasteiger partial charge in [0.2, 0.25) is 0 Å². The Balaban J connectivity index is 2.21. The third kappa shape index (κ3) is 6.03. The van der Waals surface area contributed by atoms with E-state index in [4.69, 9.17) is 21.1 Å². The van der Waals surface area contributed by atoms with Crippen LogP contribution < -0.4 is 0 Å². The molecule has 0 bridgehead atoms. The second kappa shape index (κ2) is 8.48. The van der Waals surface area contributed by atoms with E-state index in [0.29, 0.717) is 37.7 Å². The summed E-state index contributed by atoms with van der Waals surface area (Å²) in [5, 5.41) is 10.5. The van der Waals surface area contributed by atoms with Gasteiger partial charge >= 0.3 is 0 Å². The van der Waals surface area contributed by atoms with Crippen molar-refractivity contribution in [1.82, 2.24) is 0 Å². The molecule has 0 aromatic heterocycles. The first-order valence-corrected chi connectivity index (χ1v) is 6.10. The number of hydrogen-bond acceptors (Lipinski definition) is 3. The van der Waals surface area contributed by atoms with Gasteiger partial charge in [0.1, 0.15) is 0 Å². The largest absolute Gasteiger partial charge is 0.393 e. The summed E-state index contributed by atoms with van der Waals surface area (Å²) >= 11 is 6.01. The number of aliphatic hydroxyl groups excluding tert-OH is 1. The Kier molecular flexibility index (Phi) is 7.21. The van der Waals surface area contributed by atoms with Gasteiger partial charge < -0.3 is 14.6 Å². The van der Waals surface area contributed by atoms with Gasteiger partial charge in [-0.15, -0.1) is 0 Å². The van der Waals surface area contributed by atoms with Gasteiger partial charge in [-0.2, -0.15) is 0 Å². The number of hydrogen-bond donors (Lipinski definition) is 1. The lowest BCUT2D eigenvalue weighted by molar-refractivity contribution is 0.0479. The second-order valence-electron chi connectivity index (χ2n) is 3.84. The molecule has 0 spiro atoms. The van der Waals surface area contributed by atoms with Crippen molar-refractivity contribution in [3.8, 4) is 0 Å². The Labute approximate surface area is 107 Å². The molecule has 3 nitrogen and oxygen atoms in total. The third-order valence-electron chi connectivity index (χ3n) is 2.44. The van der Waals surface area contributed by atoms with Crippen LogP contribution in [-0.4, -0.2) is 38.1 Å². The number of ether oxygens (including phenoxy) is 2. The minimum atomic E-state index is -0.419. The summed E-state index contributed by atoms with van der Waals surface area (Å²) in [6.45, 7) is 1.69. The van der Waals surface area contributed by atoms with E-state index in [2.05, 4.69) is 0 Å². The van der Waals surface area contributed by atoms with Crippen LogP contribution in [0.1, 0.15) is 12.0 Å². The fourth-order valence-electron chi connectivity index (χ4n) is 1.48. The van der Waals surface area contributed by atoms with Gasteiger partial charge in [0.25, 0.3) is 0 Å². The molecule has 1 N–H and O–H groups in total. The Morgan fingerprint density at radius 2 is 2.00 bits per heavy atom. The van der Waals surface area contributed by atoms with Crippen molar-refractivity contribution >= 4 is 11.6 Å². The Bertz CT molecular complexity index is 317. The minimum absolute atomic E-state index is 0.419. The summed E-state index contributed by atoms with van der Waals surface area (Å²) in [4.78, 5) is 0. The van der Waals surface area contributed by atoms with E-state index >= 15 is 0 Å². The van der Waals surface area contributed by atoms with Gasteiger partial charge in [0.05, 0.1) is 19.3 Å². The number of methoxy groups -OCH3 is 1. The highest BCUT2D eigenvalue weighted by Crippen LogP contribution is 2.17. The van der Waals surface area contributed by atoms with Crippen molar-refractivity contribution < 1.29 is 14.6 Å². The Morgan fingerprint density at radius 1 is 1.24 bits per heavy atom. The van der Waals surface area contributed by atoms with E-state index < -0.39 is 6.10 Å². The number of aliphatic hydroxyl groups is 1. The summed E-state index contributed by atoms with van der Waals surface area (Å²) in [5.41, 5.74) is 0.971. The molecular weight excluding hydrogens is 240 g/mol. The first-order chi connectivity index (χ1) is 8.24. The van der Waals surface area contributed by atoms with Crippen LogP contribution in [0.3, 0.4) is 0 Å². The molecule has 96 valence electrons. The molecule has 0 saturated heterocycles. The van der Waals surface area contributed by atoms with Gasteiger partial charge in [-0.25, -0.2) is 0 Å². The highest BCUT2D eigenvalue weighted by atomic mass is 35.5. The van der Waals surface area contributed by atoms with Crippen LogP contribution >= 0.6 is 11.6 Å². The van der Waals surface area contributed by atoms with Crippen molar-refractivity contribution in [2.75, 3.05) is 26.9 Å². The van der Waals surface area contributed by atoms with E-state index in [9.17, 15) is 5.11 Å². The number of halogens is 1. The molecular formula is C13H19ClO3. The number of rotatable bonds is 8. The molecule has 0 aliphatic rings. The average Bonchev–Trinajstić information content (AvgIpc) is 2.32. The van der Waals surface area contributed by atoms with Gasteiger partial charge in [-0.1, -0.05) is 29.8 Å². The molecule has 1 aromatic carbocycles. The zero-order valence-electron chi connectivity index (χ0n) is 10.1. The molecule has 0 aliphatic heterocycles. The molecule has 4 heteroatoms. The first kappa shape index (κ1) is 14.5. The smallest absolute Gasteiger partial charge is 0.0700 e. The normalized spacial score (nSPS) is 12.6. The fourth-order valence-corrected chi connectivity index (χ4v) is 1.70. The van der Waals surface area contributed by atoms with Crippen LogP contribution in [0, 0.1) is 0 Å². The number of benzene rings is 1. The van der Waals surface area contributed by atoms with Gasteiger partial charge in [-0.3, -0.25) is 0 Å². The highest BCUT2D eigenvalue weighted by Gasteiger charge is 2.07. The van der Waals surface area contributed by atoms with Crippen LogP contribution in [0.2, 0.25) is 5.02 Å². The quantitative estimate of drug-likeness (QED) is 0.727. The van der Waals surface area contributed by atoms with Gasteiger partial charge in [0.15, 0.2) is 0 Å². The maximum Gasteiger partial charge on any atom is 0.0700 e. The van der Waals surface area contributed by atoms with Gasteiger partial charge in [0, 0.05) is 18.7 Å². The molecule has 17 heavy (non-hydrogen) atoms. The van der Waals surface area contributed by atoms with Crippen molar-refractivity contribution in [2.45, 2.75) is 18.9 Å². The topological polar surface area (TPSA) is 38.7 Å². The van der Waals surface area contributed by atoms with Crippen LogP contribution in [0.4, 0.5) is 0 Å². The zero-order chi connectivity index (χ0) is 12.5. The summed E-state index contributed by atoms with van der Waals surface area (Å²) in [5.74, 6) is 0. The van der Waals surface area contributed by atoms with Crippen molar-refractivity contribution in [2.24, 2.45) is 0 Å². The van der Waals surface area contributed by atoms with E-state index in [1.54, 1.807) is 7.11 Å². The van der Waals surface area contributed by atoms with Crippen molar-refractivity contribution in [1.29, 1.82) is 0 Å². The lowest BCUT2D eigenvalue weighted by Gasteiger charge is -2.11. The second-order valence-corrected chi connectivity index (χ2v) is 4.25. The van der Waals surface area contributed by atoms with Crippen molar-refractivity contribution in [3.05, 3.63) is 34.9 Å². The standard InChI is InChI=1S/C13H19ClO3/c1-16-8-9-17-7-6-12(15)10-11-4-2-3-5-13(11)14/h2-5,12,15H,6-10H2,1H3.